The van der Waals surface area contributed by atoms with E-state index in [2.05, 4.69) is 20.0 Å². The lowest BCUT2D eigenvalue weighted by Crippen LogP contribution is -2.17. The van der Waals surface area contributed by atoms with E-state index >= 15 is 0 Å². The van der Waals surface area contributed by atoms with Crippen LogP contribution < -0.4 is 10.9 Å². The summed E-state index contributed by atoms with van der Waals surface area (Å²) in [5.41, 5.74) is -1.53. The van der Waals surface area contributed by atoms with Crippen LogP contribution in [-0.4, -0.2) is 34.7 Å². The summed E-state index contributed by atoms with van der Waals surface area (Å²) < 4.78 is 42.8. The number of carbonyl (C=O) groups is 2. The lowest BCUT2D eigenvalue weighted by molar-refractivity contribution is -0.140. The van der Waals surface area contributed by atoms with E-state index in [0.29, 0.717) is 0 Å². The Morgan fingerprint density at radius 2 is 2.04 bits per heavy atom. The quantitative estimate of drug-likeness (QED) is 0.411. The van der Waals surface area contributed by atoms with Gasteiger partial charge in [-0.2, -0.15) is 13.2 Å². The van der Waals surface area contributed by atoms with E-state index in [1.807, 2.05) is 0 Å². The predicted octanol–water partition coefficient (Wildman–Crippen LogP) is 2.89. The van der Waals surface area contributed by atoms with E-state index in [-0.39, 0.29) is 33.7 Å². The second-order valence-electron chi connectivity index (χ2n) is 5.32. The Hall–Kier alpha value is -2.53. The molecule has 0 atom stereocenters. The third-order valence-electron chi connectivity index (χ3n) is 3.23. The molecule has 7 nitrogen and oxygen atoms in total. The standard InChI is InChI=1S/C16H13ClF3N3O4S/c1-27-14(26)6-9-5-12(24)23-15(21-9)28-7-13(25)22-11-4-8(16(18,19)20)2-3-10(11)17/h2-5H,6-7H2,1H3,(H,22,25)(H,21,23,24). The number of halogens is 4. The lowest BCUT2D eigenvalue weighted by Gasteiger charge is -2.11. The number of alkyl halides is 3. The number of nitrogens with zero attached hydrogens (tertiary/aromatic N) is 1. The van der Waals surface area contributed by atoms with Crippen molar-refractivity contribution in [3.05, 3.63) is 50.9 Å². The first kappa shape index (κ1) is 21.8. The van der Waals surface area contributed by atoms with Crippen LogP contribution >= 0.6 is 23.4 Å². The SMILES string of the molecule is COC(=O)Cc1cc(=O)[nH]c(SCC(=O)Nc2cc(C(F)(F)F)ccc2Cl)n1. The Balaban J connectivity index is 2.05. The largest absolute Gasteiger partial charge is 0.469 e. The Morgan fingerprint density at radius 1 is 1.32 bits per heavy atom. The maximum atomic E-state index is 12.8. The van der Waals surface area contributed by atoms with Crippen molar-refractivity contribution in [2.75, 3.05) is 18.2 Å². The number of nitrogens with one attached hydrogen (secondary N) is 2. The molecule has 2 N–H and O–H groups in total. The fraction of sp³-hybridized carbons (Fsp3) is 0.250. The highest BCUT2D eigenvalue weighted by molar-refractivity contribution is 7.99. The third-order valence-corrected chi connectivity index (χ3v) is 4.44. The molecule has 150 valence electrons. The van der Waals surface area contributed by atoms with Gasteiger partial charge in [0.05, 0.1) is 41.3 Å². The number of methoxy groups -OCH3 is 1. The molecule has 1 aromatic heterocycles. The van der Waals surface area contributed by atoms with Crippen molar-refractivity contribution >= 4 is 40.9 Å². The molecule has 1 aromatic carbocycles. The Morgan fingerprint density at radius 3 is 2.68 bits per heavy atom. The minimum Gasteiger partial charge on any atom is -0.469 e. The summed E-state index contributed by atoms with van der Waals surface area (Å²) in [6.07, 6.45) is -4.80. The number of benzene rings is 1. The molecule has 0 unspecified atom stereocenters. The number of esters is 1. The van der Waals surface area contributed by atoms with Crippen molar-refractivity contribution < 1.29 is 27.5 Å². The summed E-state index contributed by atoms with van der Waals surface area (Å²) in [4.78, 5) is 41.3. The maximum Gasteiger partial charge on any atom is 0.416 e. The van der Waals surface area contributed by atoms with E-state index < -0.39 is 29.2 Å². The number of H-pyrrole nitrogens is 1. The molecule has 0 aliphatic carbocycles. The van der Waals surface area contributed by atoms with Crippen LogP contribution in [0.25, 0.3) is 0 Å². The van der Waals surface area contributed by atoms with Crippen LogP contribution in [0, 0.1) is 0 Å². The van der Waals surface area contributed by atoms with Crippen molar-refractivity contribution in [3.8, 4) is 0 Å². The first-order valence-electron chi connectivity index (χ1n) is 7.55. The van der Waals surface area contributed by atoms with Gasteiger partial charge in [0.25, 0.3) is 5.56 Å². The molecule has 0 saturated heterocycles. The second-order valence-corrected chi connectivity index (χ2v) is 6.70. The fourth-order valence-corrected chi connectivity index (χ4v) is 2.84. The second kappa shape index (κ2) is 9.11. The first-order chi connectivity index (χ1) is 13.1. The van der Waals surface area contributed by atoms with Gasteiger partial charge >= 0.3 is 12.1 Å². The summed E-state index contributed by atoms with van der Waals surface area (Å²) in [5.74, 6) is -1.52. The zero-order chi connectivity index (χ0) is 20.9. The molecule has 0 radical (unpaired) electrons. The number of thioether (sulfide) groups is 1. The van der Waals surface area contributed by atoms with Crippen LogP contribution in [0.15, 0.2) is 34.2 Å². The van der Waals surface area contributed by atoms with Crippen molar-refractivity contribution in [1.82, 2.24) is 9.97 Å². The molecule has 28 heavy (non-hydrogen) atoms. The monoisotopic (exact) mass is 435 g/mol. The van der Waals surface area contributed by atoms with Gasteiger partial charge in [-0.25, -0.2) is 4.98 Å². The predicted molar refractivity (Wildman–Crippen MR) is 96.4 cm³/mol. The summed E-state index contributed by atoms with van der Waals surface area (Å²) in [6.45, 7) is 0. The fourth-order valence-electron chi connectivity index (χ4n) is 1.98. The number of anilines is 1. The van der Waals surface area contributed by atoms with Gasteiger partial charge in [-0.05, 0) is 18.2 Å². The number of aromatic amines is 1. The van der Waals surface area contributed by atoms with Crippen molar-refractivity contribution in [2.45, 2.75) is 17.8 Å². The van der Waals surface area contributed by atoms with E-state index in [1.54, 1.807) is 0 Å². The highest BCUT2D eigenvalue weighted by Crippen LogP contribution is 2.33. The molecule has 0 aliphatic rings. The number of hydrogen-bond donors (Lipinski definition) is 2. The van der Waals surface area contributed by atoms with Gasteiger partial charge < -0.3 is 15.0 Å². The van der Waals surface area contributed by atoms with E-state index in [1.165, 1.54) is 7.11 Å². The molecule has 2 aromatic rings. The number of rotatable bonds is 6. The number of aromatic nitrogens is 2. The molecule has 1 amide bonds. The van der Waals surface area contributed by atoms with Crippen molar-refractivity contribution in [2.24, 2.45) is 0 Å². The Bertz CT molecular complexity index is 949. The average molecular weight is 436 g/mol. The van der Waals surface area contributed by atoms with Crippen LogP contribution in [0.3, 0.4) is 0 Å². The summed E-state index contributed by atoms with van der Waals surface area (Å²) in [7, 11) is 1.19. The minimum atomic E-state index is -4.58. The van der Waals surface area contributed by atoms with Gasteiger partial charge in [-0.15, -0.1) is 0 Å². The molecule has 0 spiro atoms. The highest BCUT2D eigenvalue weighted by Gasteiger charge is 2.31. The maximum absolute atomic E-state index is 12.8. The molecule has 0 fully saturated rings. The number of ether oxygens (including phenoxy) is 1. The van der Waals surface area contributed by atoms with Crippen molar-refractivity contribution in [3.63, 3.8) is 0 Å². The number of hydrogen-bond acceptors (Lipinski definition) is 6. The first-order valence-corrected chi connectivity index (χ1v) is 8.91. The summed E-state index contributed by atoms with van der Waals surface area (Å²) in [6, 6.07) is 3.67. The van der Waals surface area contributed by atoms with Crippen LogP contribution in [0.5, 0.6) is 0 Å². The summed E-state index contributed by atoms with van der Waals surface area (Å²) >= 11 is 6.65. The van der Waals surface area contributed by atoms with Crippen LogP contribution in [0.1, 0.15) is 11.3 Å². The van der Waals surface area contributed by atoms with Gasteiger partial charge in [-0.1, -0.05) is 23.4 Å². The van der Waals surface area contributed by atoms with Gasteiger partial charge in [0.1, 0.15) is 0 Å². The van der Waals surface area contributed by atoms with Crippen molar-refractivity contribution in [1.29, 1.82) is 0 Å². The Labute approximate surface area is 165 Å². The molecule has 12 heteroatoms. The van der Waals surface area contributed by atoms with Crippen LogP contribution in [0.2, 0.25) is 5.02 Å². The summed E-state index contributed by atoms with van der Waals surface area (Å²) in [5, 5.41) is 2.29. The Kier molecular flexibility index (Phi) is 7.08. The third kappa shape index (κ3) is 6.27. The molecular formula is C16H13ClF3N3O4S. The topological polar surface area (TPSA) is 101 Å². The smallest absolute Gasteiger partial charge is 0.416 e. The molecule has 1 heterocycles. The van der Waals surface area contributed by atoms with Crippen LogP contribution in [0.4, 0.5) is 18.9 Å². The molecule has 0 saturated carbocycles. The van der Waals surface area contributed by atoms with Gasteiger partial charge in [-0.3, -0.25) is 14.4 Å². The zero-order valence-electron chi connectivity index (χ0n) is 14.2. The molecule has 0 bridgehead atoms. The highest BCUT2D eigenvalue weighted by atomic mass is 35.5. The number of carbonyl (C=O) groups excluding carboxylic acids is 2. The van der Waals surface area contributed by atoms with E-state index in [9.17, 15) is 27.6 Å². The zero-order valence-corrected chi connectivity index (χ0v) is 15.8. The molecule has 2 rings (SSSR count). The average Bonchev–Trinajstić information content (AvgIpc) is 2.60. The van der Waals surface area contributed by atoms with Gasteiger partial charge in [0.15, 0.2) is 5.16 Å². The van der Waals surface area contributed by atoms with E-state index in [4.69, 9.17) is 11.6 Å². The van der Waals surface area contributed by atoms with Gasteiger partial charge in [0.2, 0.25) is 5.91 Å². The number of amides is 1. The minimum absolute atomic E-state index is 0.0574. The lowest BCUT2D eigenvalue weighted by atomic mass is 10.2. The van der Waals surface area contributed by atoms with E-state index in [0.717, 1.165) is 36.0 Å². The molecular weight excluding hydrogens is 423 g/mol. The molecule has 0 aliphatic heterocycles. The normalized spacial score (nSPS) is 11.2. The van der Waals surface area contributed by atoms with Crippen LogP contribution in [-0.2, 0) is 26.9 Å². The van der Waals surface area contributed by atoms with Gasteiger partial charge in [0, 0.05) is 6.07 Å².